The number of aromatic nitrogens is 5. The molecule has 0 bridgehead atoms. The molecule has 3 aromatic heterocycles. The van der Waals surface area contributed by atoms with Gasteiger partial charge < -0.3 is 14.4 Å². The summed E-state index contributed by atoms with van der Waals surface area (Å²) in [4.78, 5) is 27.1. The maximum absolute atomic E-state index is 12.6. The molecule has 0 aromatic carbocycles. The van der Waals surface area contributed by atoms with Crippen molar-refractivity contribution >= 4 is 16.9 Å². The number of aryl methyl sites for hydroxylation is 3. The number of hydrogen-bond donors (Lipinski definition) is 0. The largest absolute Gasteiger partial charge is 0.473 e. The van der Waals surface area contributed by atoms with Crippen LogP contribution in [0.3, 0.4) is 0 Å². The van der Waals surface area contributed by atoms with Crippen LogP contribution in [0.1, 0.15) is 24.1 Å². The Bertz CT molecular complexity index is 1010. The molecule has 0 saturated carbocycles. The molecule has 0 atom stereocenters. The van der Waals surface area contributed by atoms with Gasteiger partial charge in [-0.2, -0.15) is 0 Å². The lowest BCUT2D eigenvalue weighted by atomic mass is 10.1. The highest BCUT2D eigenvalue weighted by molar-refractivity contribution is 5.85. The lowest BCUT2D eigenvalue weighted by Gasteiger charge is -2.31. The number of nitrogens with zero attached hydrogens (tertiary/aromatic N) is 6. The number of carbonyl (C=O) groups is 1. The molecule has 4 heterocycles. The zero-order valence-corrected chi connectivity index (χ0v) is 16.8. The fourth-order valence-corrected chi connectivity index (χ4v) is 3.61. The second-order valence-electron chi connectivity index (χ2n) is 7.24. The van der Waals surface area contributed by atoms with Gasteiger partial charge in [0.2, 0.25) is 11.8 Å². The lowest BCUT2D eigenvalue weighted by molar-refractivity contribution is -0.135. The molecule has 0 radical (unpaired) electrons. The summed E-state index contributed by atoms with van der Waals surface area (Å²) in [6, 6.07) is 1.99. The summed E-state index contributed by atoms with van der Waals surface area (Å²) in [5.41, 5.74) is 2.71. The minimum absolute atomic E-state index is 0.0355. The van der Waals surface area contributed by atoms with E-state index in [1.54, 1.807) is 28.2 Å². The minimum Gasteiger partial charge on any atom is -0.473 e. The fraction of sp³-hybridized carbons (Fsp3) is 0.450. The van der Waals surface area contributed by atoms with Crippen molar-refractivity contribution in [2.24, 2.45) is 7.05 Å². The average Bonchev–Trinajstić information content (AvgIpc) is 3.03. The maximum atomic E-state index is 12.6. The number of carbonyl (C=O) groups excluding carboxylic acids is 1. The first-order valence-electron chi connectivity index (χ1n) is 9.65. The molecule has 1 aliphatic heterocycles. The zero-order valence-electron chi connectivity index (χ0n) is 16.8. The minimum atomic E-state index is -0.0560. The quantitative estimate of drug-likeness (QED) is 0.649. The number of ether oxygens (including phenoxy) is 2. The van der Waals surface area contributed by atoms with E-state index in [1.165, 1.54) is 0 Å². The zero-order chi connectivity index (χ0) is 20.4. The fourth-order valence-electron chi connectivity index (χ4n) is 3.61. The van der Waals surface area contributed by atoms with Gasteiger partial charge in [-0.15, -0.1) is 5.10 Å². The summed E-state index contributed by atoms with van der Waals surface area (Å²) in [5.74, 6) is 0.906. The molecule has 3 aromatic rings. The van der Waals surface area contributed by atoms with Crippen molar-refractivity contribution in [1.29, 1.82) is 0 Å². The van der Waals surface area contributed by atoms with Crippen molar-refractivity contribution in [2.75, 3.05) is 19.7 Å². The van der Waals surface area contributed by atoms with Gasteiger partial charge in [0, 0.05) is 51.1 Å². The van der Waals surface area contributed by atoms with E-state index in [9.17, 15) is 4.79 Å². The van der Waals surface area contributed by atoms with Gasteiger partial charge >= 0.3 is 0 Å². The Morgan fingerprint density at radius 2 is 2.03 bits per heavy atom. The normalized spacial score (nSPS) is 14.9. The number of piperidine rings is 1. The third kappa shape index (κ3) is 4.13. The van der Waals surface area contributed by atoms with Crippen LogP contribution in [-0.4, -0.2) is 61.3 Å². The van der Waals surface area contributed by atoms with E-state index in [4.69, 9.17) is 9.47 Å². The molecular weight excluding hydrogens is 372 g/mol. The molecule has 4 rings (SSSR count). The Labute approximate surface area is 168 Å². The Morgan fingerprint density at radius 1 is 1.24 bits per heavy atom. The number of fused-ring (bicyclic) bond motifs is 1. The molecule has 1 amide bonds. The standard InChI is InChI=1S/C20H24N6O3/c1-13-10-14(2)23-19-18(13)20(24-25(19)3)28-12-17(27)26-8-4-15(5-9-26)29-16-11-21-6-7-22-16/h6-7,10-11,15H,4-5,8-9,12H2,1-3H3. The number of amides is 1. The van der Waals surface area contributed by atoms with Crippen molar-refractivity contribution in [2.45, 2.75) is 32.8 Å². The van der Waals surface area contributed by atoms with Crippen molar-refractivity contribution in [3.8, 4) is 11.8 Å². The second kappa shape index (κ2) is 8.02. The number of rotatable bonds is 5. The molecule has 0 aliphatic carbocycles. The predicted octanol–water partition coefficient (Wildman–Crippen LogP) is 1.82. The molecule has 152 valence electrons. The van der Waals surface area contributed by atoms with E-state index in [1.807, 2.05) is 27.0 Å². The highest BCUT2D eigenvalue weighted by Crippen LogP contribution is 2.27. The second-order valence-corrected chi connectivity index (χ2v) is 7.24. The molecule has 0 spiro atoms. The topological polar surface area (TPSA) is 95.3 Å². The molecule has 0 unspecified atom stereocenters. The van der Waals surface area contributed by atoms with Gasteiger partial charge in [0.15, 0.2) is 12.3 Å². The Morgan fingerprint density at radius 3 is 2.76 bits per heavy atom. The highest BCUT2D eigenvalue weighted by atomic mass is 16.5. The molecule has 1 aliphatic rings. The average molecular weight is 396 g/mol. The summed E-state index contributed by atoms with van der Waals surface area (Å²) < 4.78 is 13.3. The van der Waals surface area contributed by atoms with Crippen molar-refractivity contribution in [1.82, 2.24) is 29.6 Å². The summed E-state index contributed by atoms with van der Waals surface area (Å²) in [6.45, 7) is 5.14. The molecule has 0 N–H and O–H groups in total. The van der Waals surface area contributed by atoms with Gasteiger partial charge in [-0.1, -0.05) is 0 Å². The van der Waals surface area contributed by atoms with Crippen LogP contribution < -0.4 is 9.47 Å². The van der Waals surface area contributed by atoms with Crippen LogP contribution in [0.15, 0.2) is 24.7 Å². The molecule has 29 heavy (non-hydrogen) atoms. The van der Waals surface area contributed by atoms with Gasteiger partial charge in [0.25, 0.3) is 5.91 Å². The van der Waals surface area contributed by atoms with E-state index < -0.39 is 0 Å². The molecular formula is C20H24N6O3. The van der Waals surface area contributed by atoms with E-state index in [-0.39, 0.29) is 18.6 Å². The van der Waals surface area contributed by atoms with Crippen LogP contribution in [0, 0.1) is 13.8 Å². The van der Waals surface area contributed by atoms with Crippen molar-refractivity contribution < 1.29 is 14.3 Å². The van der Waals surface area contributed by atoms with Crippen LogP contribution >= 0.6 is 0 Å². The number of pyridine rings is 1. The van der Waals surface area contributed by atoms with Gasteiger partial charge in [0.05, 0.1) is 11.6 Å². The molecule has 1 saturated heterocycles. The van der Waals surface area contributed by atoms with Gasteiger partial charge in [-0.05, 0) is 25.5 Å². The Balaban J connectivity index is 1.34. The first-order valence-corrected chi connectivity index (χ1v) is 9.65. The van der Waals surface area contributed by atoms with Gasteiger partial charge in [-0.25, -0.2) is 14.6 Å². The highest BCUT2D eigenvalue weighted by Gasteiger charge is 2.25. The SMILES string of the molecule is Cc1cc(C)c2c(OCC(=O)N3CCC(Oc4cnccn4)CC3)nn(C)c2n1. The predicted molar refractivity (Wildman–Crippen MR) is 106 cm³/mol. The van der Waals surface area contributed by atoms with Crippen LogP contribution in [0.4, 0.5) is 0 Å². The molecule has 9 nitrogen and oxygen atoms in total. The van der Waals surface area contributed by atoms with E-state index in [2.05, 4.69) is 20.1 Å². The lowest BCUT2D eigenvalue weighted by Crippen LogP contribution is -2.43. The van der Waals surface area contributed by atoms with Gasteiger partial charge in [-0.3, -0.25) is 9.78 Å². The summed E-state index contributed by atoms with van der Waals surface area (Å²) >= 11 is 0. The van der Waals surface area contributed by atoms with Gasteiger partial charge in [0.1, 0.15) is 6.10 Å². The Hall–Kier alpha value is -3.23. The maximum Gasteiger partial charge on any atom is 0.260 e. The van der Waals surface area contributed by atoms with Crippen LogP contribution in [0.2, 0.25) is 0 Å². The number of hydrogen-bond acceptors (Lipinski definition) is 7. The van der Waals surface area contributed by atoms with Crippen molar-refractivity contribution in [3.63, 3.8) is 0 Å². The third-order valence-electron chi connectivity index (χ3n) is 5.04. The molecule has 9 heteroatoms. The first kappa shape index (κ1) is 19.1. The van der Waals surface area contributed by atoms with E-state index in [0.717, 1.165) is 35.1 Å². The van der Waals surface area contributed by atoms with Crippen LogP contribution in [0.5, 0.6) is 11.8 Å². The van der Waals surface area contributed by atoms with Crippen molar-refractivity contribution in [3.05, 3.63) is 35.9 Å². The van der Waals surface area contributed by atoms with E-state index in [0.29, 0.717) is 24.8 Å². The summed E-state index contributed by atoms with van der Waals surface area (Å²) in [5, 5.41) is 5.25. The van der Waals surface area contributed by atoms with E-state index >= 15 is 0 Å². The van der Waals surface area contributed by atoms with Crippen LogP contribution in [-0.2, 0) is 11.8 Å². The third-order valence-corrected chi connectivity index (χ3v) is 5.04. The Kier molecular flexibility index (Phi) is 5.28. The smallest absolute Gasteiger partial charge is 0.260 e. The number of likely N-dealkylation sites (tertiary alicyclic amines) is 1. The summed E-state index contributed by atoms with van der Waals surface area (Å²) in [7, 11) is 1.82. The summed E-state index contributed by atoms with van der Waals surface area (Å²) in [6.07, 6.45) is 6.34. The monoisotopic (exact) mass is 396 g/mol. The molecule has 1 fully saturated rings. The van der Waals surface area contributed by atoms with Crippen LogP contribution in [0.25, 0.3) is 11.0 Å². The first-order chi connectivity index (χ1) is 14.0.